The second-order valence-corrected chi connectivity index (χ2v) is 9.22. The second-order valence-electron chi connectivity index (χ2n) is 7.65. The number of nitrogens with two attached hydrogens (primary N) is 1. The average molecular weight is 467 g/mol. The average Bonchev–Trinajstić information content (AvgIpc) is 2.79. The number of hydrogen-bond acceptors (Lipinski definition) is 5. The molecule has 0 saturated carbocycles. The third-order valence-electron chi connectivity index (χ3n) is 5.19. The minimum Gasteiger partial charge on any atom is -0.325 e. The number of amides is 2. The van der Waals surface area contributed by atoms with Crippen molar-refractivity contribution in [2.45, 2.75) is 17.9 Å². The number of anilines is 2. The summed E-state index contributed by atoms with van der Waals surface area (Å²) in [5.41, 5.74) is 2.34. The van der Waals surface area contributed by atoms with Crippen molar-refractivity contribution in [3.8, 4) is 0 Å². The topological polar surface area (TPSA) is 122 Å². The van der Waals surface area contributed by atoms with Gasteiger partial charge in [0.25, 0.3) is 5.91 Å². The van der Waals surface area contributed by atoms with Gasteiger partial charge in [-0.3, -0.25) is 14.5 Å². The molecule has 0 aliphatic heterocycles. The zero-order chi connectivity index (χ0) is 24.0. The molecule has 1 atom stereocenters. The summed E-state index contributed by atoms with van der Waals surface area (Å²) >= 11 is 0. The van der Waals surface area contributed by atoms with Crippen LogP contribution < -0.4 is 15.8 Å². The van der Waals surface area contributed by atoms with Crippen LogP contribution in [0.25, 0.3) is 0 Å². The number of sulfonamides is 1. The molecule has 0 bridgehead atoms. The van der Waals surface area contributed by atoms with E-state index in [4.69, 9.17) is 5.14 Å². The van der Waals surface area contributed by atoms with Gasteiger partial charge in [0.15, 0.2) is 0 Å². The predicted octanol–water partition coefficient (Wildman–Crippen LogP) is 3.22. The first kappa shape index (κ1) is 24.1. The first-order chi connectivity index (χ1) is 15.6. The Morgan fingerprint density at radius 3 is 2.21 bits per heavy atom. The minimum absolute atomic E-state index is 0.0794. The van der Waals surface area contributed by atoms with Gasteiger partial charge in [-0.1, -0.05) is 36.4 Å². The van der Waals surface area contributed by atoms with Gasteiger partial charge in [-0.2, -0.15) is 0 Å². The summed E-state index contributed by atoms with van der Waals surface area (Å²) in [6.07, 6.45) is 0. The van der Waals surface area contributed by atoms with Crippen LogP contribution in [0.1, 0.15) is 28.9 Å². The number of nitrogens with one attached hydrogen (secondary N) is 2. The molecule has 9 heteroatoms. The molecule has 4 N–H and O–H groups in total. The van der Waals surface area contributed by atoms with Gasteiger partial charge in [-0.05, 0) is 62.0 Å². The number of nitrogens with zero attached hydrogens (tertiary/aromatic N) is 1. The number of rotatable bonds is 8. The smallest absolute Gasteiger partial charge is 0.255 e. The van der Waals surface area contributed by atoms with Gasteiger partial charge in [0.2, 0.25) is 15.9 Å². The summed E-state index contributed by atoms with van der Waals surface area (Å²) in [6.45, 7) is 2.24. The van der Waals surface area contributed by atoms with E-state index in [0.29, 0.717) is 16.9 Å². The van der Waals surface area contributed by atoms with Gasteiger partial charge in [0.05, 0.1) is 11.4 Å². The SMILES string of the molecule is C[C@@H](c1ccccc1)N(C)CC(=O)Nc1ccc(C(=O)Nc2cccc(S(N)(=O)=O)c2)cc1. The van der Waals surface area contributed by atoms with Crippen molar-refractivity contribution < 1.29 is 18.0 Å². The highest BCUT2D eigenvalue weighted by molar-refractivity contribution is 7.89. The molecule has 0 aliphatic rings. The number of hydrogen-bond donors (Lipinski definition) is 3. The fraction of sp³-hybridized carbons (Fsp3) is 0.167. The first-order valence-electron chi connectivity index (χ1n) is 10.2. The normalized spacial score (nSPS) is 12.2. The lowest BCUT2D eigenvalue weighted by atomic mass is 10.1. The van der Waals surface area contributed by atoms with Gasteiger partial charge >= 0.3 is 0 Å². The molecule has 0 spiro atoms. The van der Waals surface area contributed by atoms with Crippen molar-refractivity contribution >= 4 is 33.2 Å². The lowest BCUT2D eigenvalue weighted by molar-refractivity contribution is -0.117. The Labute approximate surface area is 193 Å². The number of likely N-dealkylation sites (N-methyl/N-ethyl adjacent to an activating group) is 1. The van der Waals surface area contributed by atoms with Crippen molar-refractivity contribution in [3.63, 3.8) is 0 Å². The molecule has 0 aromatic heterocycles. The third kappa shape index (κ3) is 6.72. The van der Waals surface area contributed by atoms with Crippen molar-refractivity contribution in [2.75, 3.05) is 24.2 Å². The Hall–Kier alpha value is -3.53. The van der Waals surface area contributed by atoms with Crippen LogP contribution in [0, 0.1) is 0 Å². The maximum absolute atomic E-state index is 12.5. The summed E-state index contributed by atoms with van der Waals surface area (Å²) in [6, 6.07) is 22.1. The molecule has 0 fully saturated rings. The van der Waals surface area contributed by atoms with E-state index in [9.17, 15) is 18.0 Å². The third-order valence-corrected chi connectivity index (χ3v) is 6.10. The molecule has 3 aromatic carbocycles. The molecule has 3 aromatic rings. The predicted molar refractivity (Wildman–Crippen MR) is 128 cm³/mol. The Balaban J connectivity index is 1.57. The van der Waals surface area contributed by atoms with E-state index < -0.39 is 15.9 Å². The van der Waals surface area contributed by atoms with Crippen molar-refractivity contribution in [3.05, 3.63) is 90.0 Å². The molecule has 0 radical (unpaired) electrons. The van der Waals surface area contributed by atoms with E-state index in [2.05, 4.69) is 10.6 Å². The molecule has 0 saturated heterocycles. The molecule has 172 valence electrons. The molecular formula is C24H26N4O4S. The maximum atomic E-state index is 12.5. The highest BCUT2D eigenvalue weighted by Gasteiger charge is 2.15. The van der Waals surface area contributed by atoms with Gasteiger partial charge in [0.1, 0.15) is 0 Å². The standard InChI is InChI=1S/C24H26N4O4S/c1-17(18-7-4-3-5-8-18)28(2)16-23(29)26-20-13-11-19(12-14-20)24(30)27-21-9-6-10-22(15-21)33(25,31)32/h3-15,17H,16H2,1-2H3,(H,26,29)(H,27,30)(H2,25,31,32)/t17-/m0/s1. The quantitative estimate of drug-likeness (QED) is 0.471. The largest absolute Gasteiger partial charge is 0.325 e. The molecule has 3 rings (SSSR count). The van der Waals surface area contributed by atoms with E-state index in [1.54, 1.807) is 30.3 Å². The molecule has 8 nitrogen and oxygen atoms in total. The Morgan fingerprint density at radius 1 is 0.909 bits per heavy atom. The lowest BCUT2D eigenvalue weighted by Gasteiger charge is -2.24. The first-order valence-corrected chi connectivity index (χ1v) is 11.8. The fourth-order valence-corrected chi connectivity index (χ4v) is 3.77. The van der Waals surface area contributed by atoms with Crippen molar-refractivity contribution in [1.29, 1.82) is 0 Å². The summed E-state index contributed by atoms with van der Waals surface area (Å²) in [5, 5.41) is 10.6. The number of benzene rings is 3. The lowest BCUT2D eigenvalue weighted by Crippen LogP contribution is -2.32. The van der Waals surface area contributed by atoms with Crippen LogP contribution in [0.15, 0.2) is 83.8 Å². The summed E-state index contributed by atoms with van der Waals surface area (Å²) in [4.78, 5) is 26.8. The van der Waals surface area contributed by atoms with E-state index >= 15 is 0 Å². The van der Waals surface area contributed by atoms with Gasteiger partial charge < -0.3 is 10.6 Å². The van der Waals surface area contributed by atoms with Crippen LogP contribution in [-0.4, -0.2) is 38.7 Å². The van der Waals surface area contributed by atoms with Crippen LogP contribution in [0.3, 0.4) is 0 Å². The summed E-state index contributed by atoms with van der Waals surface area (Å²) in [7, 11) is -1.98. The van der Waals surface area contributed by atoms with E-state index in [-0.39, 0.29) is 23.4 Å². The van der Waals surface area contributed by atoms with E-state index in [1.807, 2.05) is 49.2 Å². The molecule has 2 amide bonds. The summed E-state index contributed by atoms with van der Waals surface area (Å²) in [5.74, 6) is -0.590. The van der Waals surface area contributed by atoms with Crippen LogP contribution in [-0.2, 0) is 14.8 Å². The highest BCUT2D eigenvalue weighted by atomic mass is 32.2. The Kier molecular flexibility index (Phi) is 7.59. The molecule has 0 aliphatic carbocycles. The fourth-order valence-electron chi connectivity index (χ4n) is 3.21. The maximum Gasteiger partial charge on any atom is 0.255 e. The van der Waals surface area contributed by atoms with Gasteiger partial charge in [-0.25, -0.2) is 13.6 Å². The molecule has 33 heavy (non-hydrogen) atoms. The number of carbonyl (C=O) groups excluding carboxylic acids is 2. The number of primary sulfonamides is 1. The zero-order valence-electron chi connectivity index (χ0n) is 18.4. The summed E-state index contributed by atoms with van der Waals surface area (Å²) < 4.78 is 22.9. The van der Waals surface area contributed by atoms with Gasteiger partial charge in [-0.15, -0.1) is 0 Å². The highest BCUT2D eigenvalue weighted by Crippen LogP contribution is 2.19. The second kappa shape index (κ2) is 10.4. The zero-order valence-corrected chi connectivity index (χ0v) is 19.2. The Morgan fingerprint density at radius 2 is 1.58 bits per heavy atom. The van der Waals surface area contributed by atoms with E-state index in [0.717, 1.165) is 5.56 Å². The molecular weight excluding hydrogens is 440 g/mol. The minimum atomic E-state index is -3.87. The van der Waals surface area contributed by atoms with Crippen LogP contribution >= 0.6 is 0 Å². The van der Waals surface area contributed by atoms with Crippen LogP contribution in [0.2, 0.25) is 0 Å². The van der Waals surface area contributed by atoms with Crippen LogP contribution in [0.4, 0.5) is 11.4 Å². The number of carbonyl (C=O) groups is 2. The van der Waals surface area contributed by atoms with E-state index in [1.165, 1.54) is 18.2 Å². The van der Waals surface area contributed by atoms with Gasteiger partial charge in [0, 0.05) is 23.0 Å². The Bertz CT molecular complexity index is 1230. The van der Waals surface area contributed by atoms with Crippen molar-refractivity contribution in [2.24, 2.45) is 5.14 Å². The molecule has 0 heterocycles. The van der Waals surface area contributed by atoms with Crippen molar-refractivity contribution in [1.82, 2.24) is 4.90 Å². The monoisotopic (exact) mass is 466 g/mol. The van der Waals surface area contributed by atoms with Crippen LogP contribution in [0.5, 0.6) is 0 Å². The molecule has 0 unspecified atom stereocenters.